The minimum atomic E-state index is 0.649. The van der Waals surface area contributed by atoms with E-state index in [0.29, 0.717) is 34.2 Å². The van der Waals surface area contributed by atoms with E-state index in [0.717, 1.165) is 55.7 Å². The molecule has 0 N–H and O–H groups in total. The summed E-state index contributed by atoms with van der Waals surface area (Å²) in [6.45, 7) is 0. The Morgan fingerprint density at radius 3 is 1.23 bits per heavy atom. The first-order valence-electron chi connectivity index (χ1n) is 15.5. The van der Waals surface area contributed by atoms with E-state index in [1.807, 2.05) is 122 Å². The lowest BCUT2D eigenvalue weighted by Crippen LogP contribution is -2.13. The number of fused-ring (bicyclic) bond motifs is 4. The van der Waals surface area contributed by atoms with Crippen LogP contribution in [0.1, 0.15) is 22.5 Å². The number of nitrogens with zero attached hydrogens (tertiary/aromatic N) is 8. The van der Waals surface area contributed by atoms with E-state index in [9.17, 15) is 0 Å². The molecule has 8 nitrogen and oxygen atoms in total. The molecule has 0 amide bonds. The number of pyridine rings is 6. The van der Waals surface area contributed by atoms with Crippen LogP contribution in [0.5, 0.6) is 0 Å². The van der Waals surface area contributed by atoms with Crippen LogP contribution in [0.2, 0.25) is 0 Å². The standard InChI is InChI=1S/C40H24N8/c1-3-11-29-25(9-1)21-35-39(45-29)37(27-15-17-33(43-23-27)31-13-5-7-19-41-31)48-36-22-26-10-2-4-12-30(26)46-40(36)38(47-35)28-16-18-34(44-24-28)32-14-6-8-20-42-32/h1-24H. The normalized spacial score (nSPS) is 12.4. The summed E-state index contributed by atoms with van der Waals surface area (Å²) in [4.78, 5) is 39.5. The molecule has 224 valence electrons. The molecule has 0 spiro atoms. The number of aromatic nitrogens is 6. The number of hydrogen-bond acceptors (Lipinski definition) is 8. The third kappa shape index (κ3) is 4.98. The van der Waals surface area contributed by atoms with Crippen molar-refractivity contribution in [3.05, 3.63) is 169 Å². The maximum Gasteiger partial charge on any atom is 0.116 e. The molecule has 0 saturated heterocycles. The van der Waals surface area contributed by atoms with Crippen LogP contribution in [0.25, 0.3) is 44.6 Å². The molecule has 0 aliphatic carbocycles. The minimum absolute atomic E-state index is 0.649. The summed E-state index contributed by atoms with van der Waals surface area (Å²) in [5.41, 5.74) is 10.4. The summed E-state index contributed by atoms with van der Waals surface area (Å²) < 4.78 is 0. The first-order chi connectivity index (χ1) is 23.8. The van der Waals surface area contributed by atoms with Crippen molar-refractivity contribution >= 4 is 44.6 Å². The predicted molar refractivity (Wildman–Crippen MR) is 189 cm³/mol. The predicted octanol–water partition coefficient (Wildman–Crippen LogP) is 8.35. The van der Waals surface area contributed by atoms with Crippen LogP contribution in [0.4, 0.5) is 11.4 Å². The van der Waals surface area contributed by atoms with Crippen molar-refractivity contribution < 1.29 is 0 Å². The van der Waals surface area contributed by atoms with Crippen LogP contribution in [0.3, 0.4) is 0 Å². The summed E-state index contributed by atoms with van der Waals surface area (Å²) in [5.74, 6) is 0. The van der Waals surface area contributed by atoms with Gasteiger partial charge in [-0.25, -0.2) is 20.0 Å². The third-order valence-corrected chi connectivity index (χ3v) is 8.25. The van der Waals surface area contributed by atoms with Crippen LogP contribution in [0.15, 0.2) is 156 Å². The van der Waals surface area contributed by atoms with Gasteiger partial charge in [0.2, 0.25) is 0 Å². The van der Waals surface area contributed by atoms with E-state index in [4.69, 9.17) is 29.9 Å². The number of benzene rings is 2. The molecule has 7 heterocycles. The summed E-state index contributed by atoms with van der Waals surface area (Å²) >= 11 is 0. The number of para-hydroxylation sites is 2. The van der Waals surface area contributed by atoms with E-state index in [-0.39, 0.29) is 0 Å². The van der Waals surface area contributed by atoms with Gasteiger partial charge in [0.05, 0.1) is 45.2 Å². The topological polar surface area (TPSA) is 102 Å². The average Bonchev–Trinajstić information content (AvgIpc) is 3.16. The molecule has 0 saturated carbocycles. The van der Waals surface area contributed by atoms with Gasteiger partial charge >= 0.3 is 0 Å². The van der Waals surface area contributed by atoms with Gasteiger partial charge in [0.15, 0.2) is 0 Å². The van der Waals surface area contributed by atoms with Gasteiger partial charge < -0.3 is 0 Å². The molecular formula is C40H24N8. The van der Waals surface area contributed by atoms with Gasteiger partial charge in [0, 0.05) is 46.7 Å². The van der Waals surface area contributed by atoms with Crippen molar-refractivity contribution in [2.45, 2.75) is 0 Å². The Morgan fingerprint density at radius 1 is 0.375 bits per heavy atom. The zero-order valence-corrected chi connectivity index (χ0v) is 25.4. The Morgan fingerprint density at radius 2 is 0.812 bits per heavy atom. The molecule has 0 radical (unpaired) electrons. The van der Waals surface area contributed by atoms with Gasteiger partial charge in [-0.2, -0.15) is 0 Å². The van der Waals surface area contributed by atoms with Crippen molar-refractivity contribution in [3.63, 3.8) is 0 Å². The number of aliphatic imine (C=N–C) groups is 2. The maximum absolute atomic E-state index is 5.34. The van der Waals surface area contributed by atoms with E-state index in [1.165, 1.54) is 0 Å². The fourth-order valence-corrected chi connectivity index (χ4v) is 5.88. The van der Waals surface area contributed by atoms with Crippen LogP contribution < -0.4 is 0 Å². The summed E-state index contributed by atoms with van der Waals surface area (Å²) in [5, 5.41) is 1.94. The lowest BCUT2D eigenvalue weighted by Gasteiger charge is -2.18. The fraction of sp³-hybridized carbons (Fsp3) is 0. The second-order valence-electron chi connectivity index (χ2n) is 11.3. The van der Waals surface area contributed by atoms with E-state index < -0.39 is 0 Å². The van der Waals surface area contributed by atoms with E-state index >= 15 is 0 Å². The highest BCUT2D eigenvalue weighted by Crippen LogP contribution is 2.35. The highest BCUT2D eigenvalue weighted by molar-refractivity contribution is 6.22. The molecule has 1 aliphatic heterocycles. The van der Waals surface area contributed by atoms with Gasteiger partial charge in [-0.15, -0.1) is 0 Å². The third-order valence-electron chi connectivity index (χ3n) is 8.25. The second-order valence-corrected chi connectivity index (χ2v) is 11.3. The number of hydrogen-bond donors (Lipinski definition) is 0. The highest BCUT2D eigenvalue weighted by Gasteiger charge is 2.24. The van der Waals surface area contributed by atoms with Crippen molar-refractivity contribution in [3.8, 4) is 22.8 Å². The second kappa shape index (κ2) is 11.5. The molecule has 0 bridgehead atoms. The molecule has 0 unspecified atom stereocenters. The van der Waals surface area contributed by atoms with Crippen LogP contribution in [0, 0.1) is 0 Å². The minimum Gasteiger partial charge on any atom is -0.255 e. The quantitative estimate of drug-likeness (QED) is 0.197. The van der Waals surface area contributed by atoms with Gasteiger partial charge in [-0.1, -0.05) is 48.5 Å². The molecule has 9 rings (SSSR count). The summed E-state index contributed by atoms with van der Waals surface area (Å²) in [6.07, 6.45) is 7.18. The smallest absolute Gasteiger partial charge is 0.116 e. The molecular weight excluding hydrogens is 592 g/mol. The largest absolute Gasteiger partial charge is 0.255 e. The first-order valence-corrected chi connectivity index (χ1v) is 15.5. The van der Waals surface area contributed by atoms with Crippen molar-refractivity contribution in [2.24, 2.45) is 9.98 Å². The highest BCUT2D eigenvalue weighted by atomic mass is 14.9. The zero-order valence-electron chi connectivity index (χ0n) is 25.4. The average molecular weight is 617 g/mol. The van der Waals surface area contributed by atoms with Gasteiger partial charge in [-0.3, -0.25) is 19.9 Å². The van der Waals surface area contributed by atoms with E-state index in [1.54, 1.807) is 12.4 Å². The van der Waals surface area contributed by atoms with Crippen LogP contribution >= 0.6 is 0 Å². The Bertz CT molecular complexity index is 2350. The molecule has 1 aliphatic rings. The van der Waals surface area contributed by atoms with Gasteiger partial charge in [0.1, 0.15) is 22.8 Å². The Kier molecular flexibility index (Phi) is 6.61. The Balaban J connectivity index is 1.29. The first kappa shape index (κ1) is 27.5. The van der Waals surface area contributed by atoms with Crippen molar-refractivity contribution in [1.82, 2.24) is 29.9 Å². The Labute approximate surface area is 275 Å². The maximum atomic E-state index is 5.34. The molecule has 8 aromatic rings. The monoisotopic (exact) mass is 616 g/mol. The molecule has 2 aromatic carbocycles. The Hall–Kier alpha value is -6.80. The molecule has 0 atom stereocenters. The molecule has 48 heavy (non-hydrogen) atoms. The molecule has 0 fully saturated rings. The van der Waals surface area contributed by atoms with Crippen molar-refractivity contribution in [2.75, 3.05) is 0 Å². The molecule has 8 heteroatoms. The van der Waals surface area contributed by atoms with E-state index in [2.05, 4.69) is 22.1 Å². The van der Waals surface area contributed by atoms with Crippen LogP contribution in [-0.2, 0) is 0 Å². The SMILES string of the molecule is c1ccc(-c2ccc(C3=Nc4cc5ccccc5nc4C(c4ccc(-c5ccccn5)nc4)=Nc4cc5ccccc5nc43)cn2)nc1. The summed E-state index contributed by atoms with van der Waals surface area (Å²) in [6, 6.07) is 39.7. The number of rotatable bonds is 4. The van der Waals surface area contributed by atoms with Crippen molar-refractivity contribution in [1.29, 1.82) is 0 Å². The zero-order chi connectivity index (χ0) is 31.9. The van der Waals surface area contributed by atoms with Gasteiger partial charge in [-0.05, 0) is 72.8 Å². The van der Waals surface area contributed by atoms with Crippen LogP contribution in [-0.4, -0.2) is 41.3 Å². The fourth-order valence-electron chi connectivity index (χ4n) is 5.88. The molecule has 6 aromatic heterocycles. The van der Waals surface area contributed by atoms with Gasteiger partial charge in [0.25, 0.3) is 0 Å². The lowest BCUT2D eigenvalue weighted by atomic mass is 10.0. The summed E-state index contributed by atoms with van der Waals surface area (Å²) in [7, 11) is 0. The lowest BCUT2D eigenvalue weighted by molar-refractivity contribution is 1.22.